The van der Waals surface area contributed by atoms with Gasteiger partial charge in [0.05, 0.1) is 4.90 Å². The first kappa shape index (κ1) is 23.6. The molecule has 0 saturated carbocycles. The molecule has 0 radical (unpaired) electrons. The van der Waals surface area contributed by atoms with Crippen LogP contribution < -0.4 is 10.4 Å². The molecule has 2 aliphatic rings. The van der Waals surface area contributed by atoms with E-state index >= 15 is 0 Å². The number of hydrogen-bond acceptors (Lipinski definition) is 6. The van der Waals surface area contributed by atoms with Crippen LogP contribution >= 0.6 is 0 Å². The zero-order valence-corrected chi connectivity index (χ0v) is 20.5. The normalized spacial score (nSPS) is 16.8. The molecule has 2 aromatic carbocycles. The fourth-order valence-corrected chi connectivity index (χ4v) is 6.30. The van der Waals surface area contributed by atoms with Gasteiger partial charge >= 0.3 is 5.63 Å². The van der Waals surface area contributed by atoms with Crippen LogP contribution in [0.25, 0.3) is 11.0 Å². The van der Waals surface area contributed by atoms with Gasteiger partial charge in [-0.15, -0.1) is 0 Å². The summed E-state index contributed by atoms with van der Waals surface area (Å²) in [6.07, 6.45) is 4.16. The van der Waals surface area contributed by atoms with Gasteiger partial charge in [-0.25, -0.2) is 13.2 Å². The topological polar surface area (TPSA) is 97.1 Å². The monoisotopic (exact) mass is 496 g/mol. The average Bonchev–Trinajstić information content (AvgIpc) is 2.86. The van der Waals surface area contributed by atoms with E-state index < -0.39 is 15.6 Å². The smallest absolute Gasteiger partial charge is 0.336 e. The van der Waals surface area contributed by atoms with Gasteiger partial charge in [-0.3, -0.25) is 4.79 Å². The molecule has 5 rings (SSSR count). The Balaban J connectivity index is 1.19. The van der Waals surface area contributed by atoms with Crippen LogP contribution in [0, 0.1) is 6.92 Å². The molecule has 1 saturated heterocycles. The van der Waals surface area contributed by atoms with Crippen LogP contribution in [0.15, 0.2) is 56.6 Å². The quantitative estimate of drug-likeness (QED) is 0.504. The second-order valence-corrected chi connectivity index (χ2v) is 11.1. The number of nitrogens with zero attached hydrogens (tertiary/aromatic N) is 2. The van der Waals surface area contributed by atoms with Gasteiger partial charge in [0.2, 0.25) is 10.0 Å². The van der Waals surface area contributed by atoms with Crippen molar-refractivity contribution in [1.82, 2.24) is 9.21 Å². The van der Waals surface area contributed by atoms with Gasteiger partial charge in [0.15, 0.2) is 6.61 Å². The summed E-state index contributed by atoms with van der Waals surface area (Å²) < 4.78 is 38.7. The Bertz CT molecular complexity index is 1440. The molecule has 3 aromatic rings. The van der Waals surface area contributed by atoms with Crippen molar-refractivity contribution in [2.24, 2.45) is 0 Å². The molecule has 2 heterocycles. The van der Waals surface area contributed by atoms with Gasteiger partial charge in [0, 0.05) is 43.7 Å². The zero-order valence-electron chi connectivity index (χ0n) is 19.7. The lowest BCUT2D eigenvalue weighted by atomic mass is 9.92. The molecule has 0 spiro atoms. The second-order valence-electron chi connectivity index (χ2n) is 9.12. The molecular formula is C26H28N2O6S. The van der Waals surface area contributed by atoms with Crippen molar-refractivity contribution in [1.29, 1.82) is 0 Å². The summed E-state index contributed by atoms with van der Waals surface area (Å²) >= 11 is 0. The minimum atomic E-state index is -3.60. The number of fused-ring (bicyclic) bond motifs is 2. The highest BCUT2D eigenvalue weighted by Gasteiger charge is 2.30. The van der Waals surface area contributed by atoms with Crippen LogP contribution in [0.5, 0.6) is 5.75 Å². The van der Waals surface area contributed by atoms with Crippen LogP contribution in [0.2, 0.25) is 0 Å². The standard InChI is InChI=1S/C26H28N2O6S/c1-18-14-26(30)34-24-16-21(7-9-23(18)24)33-17-25(29)27-10-12-28(13-11-27)35(31,32)22-8-6-19-4-2-3-5-20(19)15-22/h6-9,14-16H,2-5,10-13,17H2,1H3. The Morgan fingerprint density at radius 1 is 0.971 bits per heavy atom. The van der Waals surface area contributed by atoms with Crippen LogP contribution in [-0.4, -0.2) is 56.3 Å². The van der Waals surface area contributed by atoms with E-state index in [1.807, 2.05) is 19.1 Å². The Hall–Kier alpha value is -3.17. The summed E-state index contributed by atoms with van der Waals surface area (Å²) in [4.78, 5) is 26.3. The zero-order chi connectivity index (χ0) is 24.6. The van der Waals surface area contributed by atoms with Gasteiger partial charge in [0.1, 0.15) is 11.3 Å². The van der Waals surface area contributed by atoms with Gasteiger partial charge in [0.25, 0.3) is 5.91 Å². The third-order valence-electron chi connectivity index (χ3n) is 6.83. The SMILES string of the molecule is Cc1cc(=O)oc2cc(OCC(=O)N3CCN(S(=O)(=O)c4ccc5c(c4)CCCC5)CC3)ccc12. The van der Waals surface area contributed by atoms with E-state index in [-0.39, 0.29) is 25.6 Å². The first-order valence-corrected chi connectivity index (χ1v) is 13.3. The van der Waals surface area contributed by atoms with E-state index in [9.17, 15) is 18.0 Å². The summed E-state index contributed by atoms with van der Waals surface area (Å²) in [6.45, 7) is 2.74. The number of piperazine rings is 1. The van der Waals surface area contributed by atoms with E-state index in [4.69, 9.17) is 9.15 Å². The van der Waals surface area contributed by atoms with Crippen molar-refractivity contribution in [3.8, 4) is 5.75 Å². The first-order valence-electron chi connectivity index (χ1n) is 11.9. The average molecular weight is 497 g/mol. The van der Waals surface area contributed by atoms with Gasteiger partial charge in [-0.1, -0.05) is 6.07 Å². The van der Waals surface area contributed by atoms with Crippen molar-refractivity contribution in [2.75, 3.05) is 32.8 Å². The summed E-state index contributed by atoms with van der Waals surface area (Å²) in [7, 11) is -3.60. The largest absolute Gasteiger partial charge is 0.484 e. The number of sulfonamides is 1. The van der Waals surface area contributed by atoms with Crippen molar-refractivity contribution in [2.45, 2.75) is 37.5 Å². The number of ether oxygens (including phenoxy) is 1. The van der Waals surface area contributed by atoms with Crippen molar-refractivity contribution in [3.63, 3.8) is 0 Å². The molecule has 1 amide bonds. The first-order chi connectivity index (χ1) is 16.8. The Morgan fingerprint density at radius 2 is 1.71 bits per heavy atom. The third kappa shape index (κ3) is 4.83. The Kier molecular flexibility index (Phi) is 6.37. The Labute approximate surface area is 204 Å². The highest BCUT2D eigenvalue weighted by molar-refractivity contribution is 7.89. The lowest BCUT2D eigenvalue weighted by Gasteiger charge is -2.34. The van der Waals surface area contributed by atoms with Crippen LogP contribution in [0.1, 0.15) is 29.5 Å². The number of amides is 1. The summed E-state index contributed by atoms with van der Waals surface area (Å²) in [5.41, 5.74) is 3.15. The number of benzene rings is 2. The molecule has 0 N–H and O–H groups in total. The maximum absolute atomic E-state index is 13.2. The lowest BCUT2D eigenvalue weighted by molar-refractivity contribution is -0.134. The molecule has 1 aliphatic carbocycles. The highest BCUT2D eigenvalue weighted by atomic mass is 32.2. The van der Waals surface area contributed by atoms with E-state index in [2.05, 4.69) is 0 Å². The molecule has 35 heavy (non-hydrogen) atoms. The van der Waals surface area contributed by atoms with Crippen LogP contribution in [0.4, 0.5) is 0 Å². The van der Waals surface area contributed by atoms with E-state index in [0.29, 0.717) is 29.3 Å². The number of hydrogen-bond donors (Lipinski definition) is 0. The maximum Gasteiger partial charge on any atom is 0.336 e. The van der Waals surface area contributed by atoms with E-state index in [0.717, 1.165) is 42.2 Å². The fraction of sp³-hybridized carbons (Fsp3) is 0.385. The van der Waals surface area contributed by atoms with Gasteiger partial charge < -0.3 is 14.1 Å². The molecule has 0 atom stereocenters. The summed E-state index contributed by atoms with van der Waals surface area (Å²) in [6, 6.07) is 12.0. The molecule has 184 valence electrons. The minimum Gasteiger partial charge on any atom is -0.484 e. The lowest BCUT2D eigenvalue weighted by Crippen LogP contribution is -2.51. The summed E-state index contributed by atoms with van der Waals surface area (Å²) in [5.74, 6) is 0.204. The molecular weight excluding hydrogens is 468 g/mol. The number of aryl methyl sites for hydroxylation is 3. The van der Waals surface area contributed by atoms with Crippen LogP contribution in [-0.2, 0) is 27.7 Å². The van der Waals surface area contributed by atoms with Crippen molar-refractivity contribution in [3.05, 3.63) is 69.6 Å². The molecule has 0 bridgehead atoms. The predicted molar refractivity (Wildman–Crippen MR) is 131 cm³/mol. The molecule has 1 fully saturated rings. The molecule has 8 nitrogen and oxygen atoms in total. The third-order valence-corrected chi connectivity index (χ3v) is 8.73. The van der Waals surface area contributed by atoms with Crippen molar-refractivity contribution >= 4 is 26.9 Å². The molecule has 1 aliphatic heterocycles. The number of rotatable bonds is 5. The van der Waals surface area contributed by atoms with E-state index in [1.165, 1.54) is 15.9 Å². The predicted octanol–water partition coefficient (Wildman–Crippen LogP) is 2.89. The van der Waals surface area contributed by atoms with Crippen LogP contribution in [0.3, 0.4) is 0 Å². The molecule has 1 aromatic heterocycles. The number of carbonyl (C=O) groups is 1. The van der Waals surface area contributed by atoms with Crippen molar-refractivity contribution < 1.29 is 22.4 Å². The molecule has 9 heteroatoms. The molecule has 0 unspecified atom stereocenters. The van der Waals surface area contributed by atoms with Gasteiger partial charge in [-0.05, 0) is 73.6 Å². The maximum atomic E-state index is 13.2. The van der Waals surface area contributed by atoms with Gasteiger partial charge in [-0.2, -0.15) is 4.31 Å². The highest BCUT2D eigenvalue weighted by Crippen LogP contribution is 2.26. The second kappa shape index (κ2) is 9.47. The summed E-state index contributed by atoms with van der Waals surface area (Å²) in [5, 5.41) is 0.805. The number of carbonyl (C=O) groups excluding carboxylic acids is 1. The minimum absolute atomic E-state index is 0.181. The fourth-order valence-electron chi connectivity index (χ4n) is 4.83. The Morgan fingerprint density at radius 3 is 2.49 bits per heavy atom. The van der Waals surface area contributed by atoms with E-state index in [1.54, 1.807) is 29.2 Å².